The number of aryl methyl sites for hydroxylation is 1. The van der Waals surface area contributed by atoms with Crippen LogP contribution in [0.1, 0.15) is 22.0 Å². The van der Waals surface area contributed by atoms with Crippen LogP contribution in [-0.2, 0) is 11.3 Å². The Kier molecular flexibility index (Phi) is 5.90. The first-order valence-corrected chi connectivity index (χ1v) is 9.50. The molecule has 0 unspecified atom stereocenters. The first-order chi connectivity index (χ1) is 12.5. The molecule has 3 rings (SSSR count). The maximum atomic E-state index is 12.5. The van der Waals surface area contributed by atoms with Crippen LogP contribution in [0.4, 0.5) is 4.79 Å². The van der Waals surface area contributed by atoms with Crippen LogP contribution in [-0.4, -0.2) is 53.1 Å². The topological polar surface area (TPSA) is 72.9 Å². The molecule has 1 fully saturated rings. The molecule has 1 saturated heterocycles. The van der Waals surface area contributed by atoms with Gasteiger partial charge in [-0.05, 0) is 23.9 Å². The molecule has 1 aliphatic rings. The second-order valence-electron chi connectivity index (χ2n) is 6.48. The molecule has 1 aromatic carbocycles. The number of piperazine rings is 1. The third-order valence-corrected chi connectivity index (χ3v) is 5.37. The number of rotatable bonds is 5. The number of aliphatic carboxylic acids is 1. The van der Waals surface area contributed by atoms with Crippen molar-refractivity contribution in [2.75, 3.05) is 26.2 Å². The van der Waals surface area contributed by atoms with Crippen LogP contribution in [0.15, 0.2) is 41.8 Å². The van der Waals surface area contributed by atoms with Crippen LogP contribution in [0.25, 0.3) is 0 Å². The highest BCUT2D eigenvalue weighted by Gasteiger charge is 2.27. The monoisotopic (exact) mass is 373 g/mol. The minimum atomic E-state index is -1.06. The maximum absolute atomic E-state index is 12.5. The summed E-state index contributed by atoms with van der Waals surface area (Å²) in [6.45, 7) is 5.56. The SMILES string of the molecule is Cc1cccc([C@@H](NC(=O)N2CCN(Cc3cccs3)CC2)C(=O)O)c1. The van der Waals surface area contributed by atoms with E-state index in [4.69, 9.17) is 0 Å². The van der Waals surface area contributed by atoms with E-state index in [2.05, 4.69) is 21.7 Å². The molecular formula is C19H23N3O3S. The summed E-state index contributed by atoms with van der Waals surface area (Å²) >= 11 is 1.73. The average Bonchev–Trinajstić information content (AvgIpc) is 3.13. The van der Waals surface area contributed by atoms with Crippen molar-refractivity contribution in [2.45, 2.75) is 19.5 Å². The van der Waals surface area contributed by atoms with Crippen molar-refractivity contribution in [3.63, 3.8) is 0 Å². The number of hydrogen-bond donors (Lipinski definition) is 2. The van der Waals surface area contributed by atoms with Gasteiger partial charge in [0.05, 0.1) is 0 Å². The highest BCUT2D eigenvalue weighted by molar-refractivity contribution is 7.09. The van der Waals surface area contributed by atoms with Crippen molar-refractivity contribution >= 4 is 23.3 Å². The van der Waals surface area contributed by atoms with Gasteiger partial charge in [-0.2, -0.15) is 0 Å². The van der Waals surface area contributed by atoms with Gasteiger partial charge in [-0.15, -0.1) is 11.3 Å². The zero-order chi connectivity index (χ0) is 18.5. The maximum Gasteiger partial charge on any atom is 0.330 e. The average molecular weight is 373 g/mol. The molecule has 1 aliphatic heterocycles. The van der Waals surface area contributed by atoms with Crippen molar-refractivity contribution in [3.8, 4) is 0 Å². The molecule has 1 atom stereocenters. The molecular weight excluding hydrogens is 350 g/mol. The molecule has 138 valence electrons. The standard InChI is InChI=1S/C19H23N3O3S/c1-14-4-2-5-15(12-14)17(18(23)24)20-19(25)22-9-7-21(8-10-22)13-16-6-3-11-26-16/h2-6,11-12,17H,7-10,13H2,1H3,(H,20,25)(H,23,24)/t17-/m1/s1. The second kappa shape index (κ2) is 8.33. The fraction of sp³-hybridized carbons (Fsp3) is 0.368. The predicted molar refractivity (Wildman–Crippen MR) is 101 cm³/mol. The summed E-state index contributed by atoms with van der Waals surface area (Å²) in [6.07, 6.45) is 0. The Bertz CT molecular complexity index is 755. The minimum absolute atomic E-state index is 0.324. The van der Waals surface area contributed by atoms with Gasteiger partial charge < -0.3 is 15.3 Å². The summed E-state index contributed by atoms with van der Waals surface area (Å²) < 4.78 is 0. The Labute approximate surface area is 157 Å². The van der Waals surface area contributed by atoms with Crippen molar-refractivity contribution < 1.29 is 14.7 Å². The minimum Gasteiger partial charge on any atom is -0.479 e. The molecule has 0 saturated carbocycles. The highest BCUT2D eigenvalue weighted by atomic mass is 32.1. The molecule has 7 heteroatoms. The van der Waals surface area contributed by atoms with E-state index in [-0.39, 0.29) is 6.03 Å². The zero-order valence-corrected chi connectivity index (χ0v) is 15.5. The molecule has 0 radical (unpaired) electrons. The molecule has 1 aromatic heterocycles. The first kappa shape index (κ1) is 18.4. The summed E-state index contributed by atoms with van der Waals surface area (Å²) in [5.41, 5.74) is 1.55. The number of hydrogen-bond acceptors (Lipinski definition) is 4. The lowest BCUT2D eigenvalue weighted by Gasteiger charge is -2.35. The summed E-state index contributed by atoms with van der Waals surface area (Å²) in [7, 11) is 0. The predicted octanol–water partition coefficient (Wildman–Crippen LogP) is 2.71. The van der Waals surface area contributed by atoms with Gasteiger partial charge in [0.25, 0.3) is 0 Å². The third kappa shape index (κ3) is 4.62. The molecule has 2 N–H and O–H groups in total. The first-order valence-electron chi connectivity index (χ1n) is 8.62. The molecule has 26 heavy (non-hydrogen) atoms. The fourth-order valence-electron chi connectivity index (χ4n) is 3.08. The van der Waals surface area contributed by atoms with Gasteiger partial charge in [0.2, 0.25) is 0 Å². The van der Waals surface area contributed by atoms with Crippen LogP contribution in [0.2, 0.25) is 0 Å². The number of amides is 2. The van der Waals surface area contributed by atoms with Crippen molar-refractivity contribution in [2.24, 2.45) is 0 Å². The van der Waals surface area contributed by atoms with Crippen LogP contribution < -0.4 is 5.32 Å². The lowest BCUT2D eigenvalue weighted by Crippen LogP contribution is -2.52. The number of carbonyl (C=O) groups excluding carboxylic acids is 1. The fourth-order valence-corrected chi connectivity index (χ4v) is 3.83. The molecule has 0 spiro atoms. The molecule has 6 nitrogen and oxygen atoms in total. The van der Waals surface area contributed by atoms with Gasteiger partial charge in [-0.1, -0.05) is 35.9 Å². The van der Waals surface area contributed by atoms with E-state index in [1.165, 1.54) is 4.88 Å². The van der Waals surface area contributed by atoms with E-state index in [1.807, 2.05) is 19.1 Å². The Morgan fingerprint density at radius 1 is 1.19 bits per heavy atom. The van der Waals surface area contributed by atoms with E-state index in [9.17, 15) is 14.7 Å². The molecule has 0 bridgehead atoms. The lowest BCUT2D eigenvalue weighted by molar-refractivity contribution is -0.139. The Hall–Kier alpha value is -2.38. The second-order valence-corrected chi connectivity index (χ2v) is 7.51. The summed E-state index contributed by atoms with van der Waals surface area (Å²) in [4.78, 5) is 29.5. The van der Waals surface area contributed by atoms with E-state index < -0.39 is 12.0 Å². The van der Waals surface area contributed by atoms with Crippen LogP contribution in [0.5, 0.6) is 0 Å². The number of urea groups is 1. The smallest absolute Gasteiger partial charge is 0.330 e. The molecule has 0 aliphatic carbocycles. The summed E-state index contributed by atoms with van der Waals surface area (Å²) in [5.74, 6) is -1.06. The Morgan fingerprint density at radius 2 is 1.96 bits per heavy atom. The van der Waals surface area contributed by atoms with Crippen molar-refractivity contribution in [1.29, 1.82) is 0 Å². The quantitative estimate of drug-likeness (QED) is 0.845. The normalized spacial score (nSPS) is 16.3. The van der Waals surface area contributed by atoms with E-state index in [0.29, 0.717) is 18.7 Å². The van der Waals surface area contributed by atoms with Gasteiger partial charge in [0.15, 0.2) is 6.04 Å². The third-order valence-electron chi connectivity index (χ3n) is 4.51. The van der Waals surface area contributed by atoms with Crippen LogP contribution in [0, 0.1) is 6.92 Å². The molecule has 2 amide bonds. The number of nitrogens with zero attached hydrogens (tertiary/aromatic N) is 2. The van der Waals surface area contributed by atoms with Crippen LogP contribution >= 0.6 is 11.3 Å². The van der Waals surface area contributed by atoms with Crippen molar-refractivity contribution in [1.82, 2.24) is 15.1 Å². The molecule has 2 heterocycles. The summed E-state index contributed by atoms with van der Waals surface area (Å²) in [6, 6.07) is 10.0. The van der Waals surface area contributed by atoms with Crippen LogP contribution in [0.3, 0.4) is 0 Å². The number of benzene rings is 1. The molecule has 2 aromatic rings. The van der Waals surface area contributed by atoms with Gasteiger partial charge in [0, 0.05) is 37.6 Å². The Balaban J connectivity index is 1.56. The number of carboxylic acid groups (broad SMARTS) is 1. The largest absolute Gasteiger partial charge is 0.479 e. The van der Waals surface area contributed by atoms with Crippen molar-refractivity contribution in [3.05, 3.63) is 57.8 Å². The number of thiophene rings is 1. The lowest BCUT2D eigenvalue weighted by atomic mass is 10.0. The van der Waals surface area contributed by atoms with Gasteiger partial charge in [-0.25, -0.2) is 9.59 Å². The number of carboxylic acids is 1. The number of nitrogens with one attached hydrogen (secondary N) is 1. The Morgan fingerprint density at radius 3 is 2.58 bits per heavy atom. The van der Waals surface area contributed by atoms with E-state index >= 15 is 0 Å². The summed E-state index contributed by atoms with van der Waals surface area (Å²) in [5, 5.41) is 14.2. The zero-order valence-electron chi connectivity index (χ0n) is 14.7. The van der Waals surface area contributed by atoms with E-state index in [0.717, 1.165) is 25.2 Å². The van der Waals surface area contributed by atoms with Gasteiger partial charge in [-0.3, -0.25) is 4.90 Å². The van der Waals surface area contributed by atoms with Gasteiger partial charge >= 0.3 is 12.0 Å². The van der Waals surface area contributed by atoms with E-state index in [1.54, 1.807) is 34.4 Å². The number of carbonyl (C=O) groups is 2. The van der Waals surface area contributed by atoms with Gasteiger partial charge in [0.1, 0.15) is 0 Å². The highest BCUT2D eigenvalue weighted by Crippen LogP contribution is 2.17.